The first kappa shape index (κ1) is 11.0. The van der Waals surface area contributed by atoms with Crippen molar-refractivity contribution in [3.8, 4) is 12.5 Å². The Kier molecular flexibility index (Phi) is 3.61. The number of terminal acetylenes is 1. The van der Waals surface area contributed by atoms with Crippen LogP contribution in [0, 0.1) is 12.5 Å². The topological polar surface area (TPSA) is 106 Å². The average Bonchev–Trinajstić information content (AvgIpc) is 2.30. The molecule has 8 heteroatoms. The number of anilines is 3. The highest BCUT2D eigenvalue weighted by Gasteiger charge is 2.09. The van der Waals surface area contributed by atoms with Crippen molar-refractivity contribution >= 4 is 17.8 Å². The van der Waals surface area contributed by atoms with E-state index in [9.17, 15) is 0 Å². The van der Waals surface area contributed by atoms with Gasteiger partial charge < -0.3 is 0 Å². The first-order chi connectivity index (χ1) is 7.24. The van der Waals surface area contributed by atoms with Gasteiger partial charge in [-0.25, -0.2) is 11.0 Å². The maximum absolute atomic E-state index is 8.63. The van der Waals surface area contributed by atoms with Crippen molar-refractivity contribution in [1.29, 1.82) is 0 Å². The molecule has 0 saturated heterocycles. The molecule has 0 amide bonds. The number of hydrogen-bond acceptors (Lipinski definition) is 8. The van der Waals surface area contributed by atoms with Crippen LogP contribution in [-0.2, 0) is 0 Å². The summed E-state index contributed by atoms with van der Waals surface area (Å²) in [5.41, 5.74) is 3.47. The van der Waals surface area contributed by atoms with Crippen molar-refractivity contribution in [2.75, 3.05) is 22.4 Å². The molecule has 0 aliphatic rings. The van der Waals surface area contributed by atoms with Gasteiger partial charge in [0.15, 0.2) is 0 Å². The van der Waals surface area contributed by atoms with Crippen LogP contribution in [0.3, 0.4) is 0 Å². The van der Waals surface area contributed by atoms with Gasteiger partial charge in [0.05, 0.1) is 0 Å². The van der Waals surface area contributed by atoms with Crippen LogP contribution < -0.4 is 15.9 Å². The lowest BCUT2D eigenvalue weighted by Crippen LogP contribution is -2.20. The second-order valence-corrected chi connectivity index (χ2v) is 2.38. The summed E-state index contributed by atoms with van der Waals surface area (Å²) >= 11 is 0. The van der Waals surface area contributed by atoms with Gasteiger partial charge in [-0.05, 0) is 6.92 Å². The zero-order chi connectivity index (χ0) is 11.3. The van der Waals surface area contributed by atoms with Gasteiger partial charge in [-0.1, -0.05) is 6.42 Å². The van der Waals surface area contributed by atoms with Gasteiger partial charge in [-0.15, -0.1) is 0 Å². The number of nitrogens with one attached hydrogen (secondary N) is 2. The van der Waals surface area contributed by atoms with Crippen molar-refractivity contribution in [2.24, 2.45) is 0 Å². The van der Waals surface area contributed by atoms with Gasteiger partial charge in [-0.3, -0.25) is 15.3 Å². The maximum atomic E-state index is 8.63. The zero-order valence-electron chi connectivity index (χ0n) is 7.97. The summed E-state index contributed by atoms with van der Waals surface area (Å²) in [6.07, 6.45) is 5.21. The number of nitrogens with zero attached hydrogens (tertiary/aromatic N) is 4. The molecule has 0 fully saturated rings. The number of aromatic nitrogens is 3. The zero-order valence-corrected chi connectivity index (χ0v) is 7.97. The van der Waals surface area contributed by atoms with Crippen LogP contribution in [0.5, 0.6) is 0 Å². The van der Waals surface area contributed by atoms with E-state index in [4.69, 9.17) is 16.8 Å². The first-order valence-corrected chi connectivity index (χ1v) is 4.05. The highest BCUT2D eigenvalue weighted by atomic mass is 16.5. The summed E-state index contributed by atoms with van der Waals surface area (Å²) in [6, 6.07) is 2.33. The second-order valence-electron chi connectivity index (χ2n) is 2.38. The lowest BCUT2D eigenvalue weighted by atomic mass is 10.6. The summed E-state index contributed by atoms with van der Waals surface area (Å²) in [6.45, 7) is 2.29. The molecule has 0 radical (unpaired) electrons. The molecule has 1 aromatic heterocycles. The minimum Gasteiger partial charge on any atom is -0.288 e. The predicted molar refractivity (Wildman–Crippen MR) is 52.5 cm³/mol. The molecule has 4 N–H and O–H groups in total. The van der Waals surface area contributed by atoms with Crippen molar-refractivity contribution in [3.63, 3.8) is 0 Å². The van der Waals surface area contributed by atoms with E-state index in [2.05, 4.69) is 21.0 Å². The fourth-order valence-electron chi connectivity index (χ4n) is 0.876. The molecule has 8 nitrogen and oxygen atoms in total. The third-order valence-corrected chi connectivity index (χ3v) is 1.54. The van der Waals surface area contributed by atoms with E-state index in [1.807, 2.05) is 6.92 Å². The molecule has 0 atom stereocenters. The Hall–Kier alpha value is -2.11. The Morgan fingerprint density at radius 1 is 1.27 bits per heavy atom. The molecule has 0 aromatic carbocycles. The molecule has 0 unspecified atom stereocenters. The van der Waals surface area contributed by atoms with E-state index < -0.39 is 0 Å². The van der Waals surface area contributed by atoms with E-state index in [1.165, 1.54) is 4.90 Å². The molecule has 1 heterocycles. The Bertz CT molecular complexity index is 354. The molecule has 1 aromatic rings. The van der Waals surface area contributed by atoms with Crippen LogP contribution in [0.25, 0.3) is 0 Å². The van der Waals surface area contributed by atoms with Gasteiger partial charge >= 0.3 is 0 Å². The Labute approximate surface area is 85.9 Å². The summed E-state index contributed by atoms with van der Waals surface area (Å²) in [5.74, 6) is -0.0985. The molecule has 80 valence electrons. The lowest BCUT2D eigenvalue weighted by Gasteiger charge is -2.13. The van der Waals surface area contributed by atoms with Crippen LogP contribution in [0.1, 0.15) is 6.92 Å². The van der Waals surface area contributed by atoms with E-state index in [0.29, 0.717) is 6.54 Å². The van der Waals surface area contributed by atoms with E-state index in [-0.39, 0.29) is 17.8 Å². The number of rotatable bonds is 4. The van der Waals surface area contributed by atoms with Crippen LogP contribution >= 0.6 is 0 Å². The van der Waals surface area contributed by atoms with Gasteiger partial charge in [0.1, 0.15) is 0 Å². The van der Waals surface area contributed by atoms with Crippen LogP contribution in [0.2, 0.25) is 0 Å². The molecule has 0 bridgehead atoms. The average molecular weight is 210 g/mol. The van der Waals surface area contributed by atoms with Crippen molar-refractivity contribution < 1.29 is 10.4 Å². The standard InChI is InChI=1S/C7H10N6O2/c1-3-13(4-2)7-9-5(11-14)8-6(10-7)12-15/h1,14-15H,4H2,2H3,(H2,8,9,10,11,12). The SMILES string of the molecule is C#CN(CC)c1nc(NO)nc(NO)n1. The predicted octanol–water partition coefficient (Wildman–Crippen LogP) is -0.109. The molecule has 1 rings (SSSR count). The molecular formula is C7H10N6O2. The summed E-state index contributed by atoms with van der Waals surface area (Å²) in [5, 5.41) is 17.3. The highest BCUT2D eigenvalue weighted by molar-refractivity contribution is 5.45. The highest BCUT2D eigenvalue weighted by Crippen LogP contribution is 2.11. The van der Waals surface area contributed by atoms with Crippen LogP contribution in [-0.4, -0.2) is 31.9 Å². The second kappa shape index (κ2) is 4.94. The van der Waals surface area contributed by atoms with Crippen molar-refractivity contribution in [2.45, 2.75) is 6.92 Å². The molecule has 0 spiro atoms. The molecule has 0 aliphatic heterocycles. The minimum atomic E-state index is -0.120. The van der Waals surface area contributed by atoms with E-state index in [1.54, 1.807) is 11.0 Å². The van der Waals surface area contributed by atoms with Gasteiger partial charge in [0, 0.05) is 12.6 Å². The third kappa shape index (κ3) is 2.43. The van der Waals surface area contributed by atoms with Crippen molar-refractivity contribution in [1.82, 2.24) is 15.0 Å². The minimum absolute atomic E-state index is 0.120. The summed E-state index contributed by atoms with van der Waals surface area (Å²) < 4.78 is 0. The third-order valence-electron chi connectivity index (χ3n) is 1.54. The smallest absolute Gasteiger partial charge is 0.253 e. The van der Waals surface area contributed by atoms with E-state index in [0.717, 1.165) is 0 Å². The van der Waals surface area contributed by atoms with Gasteiger partial charge in [0.25, 0.3) is 11.9 Å². The Morgan fingerprint density at radius 3 is 2.13 bits per heavy atom. The fraction of sp³-hybridized carbons (Fsp3) is 0.286. The van der Waals surface area contributed by atoms with Gasteiger partial charge in [0.2, 0.25) is 5.95 Å². The molecule has 0 saturated carbocycles. The van der Waals surface area contributed by atoms with Crippen LogP contribution in [0.15, 0.2) is 0 Å². The monoisotopic (exact) mass is 210 g/mol. The summed E-state index contributed by atoms with van der Waals surface area (Å²) in [7, 11) is 0. The first-order valence-electron chi connectivity index (χ1n) is 4.05. The molecular weight excluding hydrogens is 200 g/mol. The number of hydrogen-bond donors (Lipinski definition) is 4. The van der Waals surface area contributed by atoms with Gasteiger partial charge in [-0.2, -0.15) is 15.0 Å². The largest absolute Gasteiger partial charge is 0.288 e. The molecule has 15 heavy (non-hydrogen) atoms. The van der Waals surface area contributed by atoms with Crippen LogP contribution in [0.4, 0.5) is 17.8 Å². The van der Waals surface area contributed by atoms with Crippen molar-refractivity contribution in [3.05, 3.63) is 0 Å². The van der Waals surface area contributed by atoms with E-state index >= 15 is 0 Å². The quantitative estimate of drug-likeness (QED) is 0.310. The molecule has 0 aliphatic carbocycles. The Morgan fingerprint density at radius 2 is 1.80 bits per heavy atom. The maximum Gasteiger partial charge on any atom is 0.253 e. The lowest BCUT2D eigenvalue weighted by molar-refractivity contribution is 0.375. The Balaban J connectivity index is 3.12. The summed E-state index contributed by atoms with van der Waals surface area (Å²) in [4.78, 5) is 12.5. The fourth-order valence-corrected chi connectivity index (χ4v) is 0.876. The normalized spacial score (nSPS) is 9.20.